The zero-order valence-corrected chi connectivity index (χ0v) is 12.9. The molecule has 118 valence electrons. The lowest BCUT2D eigenvalue weighted by atomic mass is 10.1. The number of hydrogen-bond acceptors (Lipinski definition) is 6. The Morgan fingerprint density at radius 1 is 1.08 bits per heavy atom. The maximum atomic E-state index is 12.6. The second-order valence-corrected chi connectivity index (χ2v) is 5.32. The first kappa shape index (κ1) is 14.3. The summed E-state index contributed by atoms with van der Waals surface area (Å²) in [5.41, 5.74) is 1.20. The minimum Gasteiger partial charge on any atom is -0.337 e. The lowest BCUT2D eigenvalue weighted by molar-refractivity contribution is 0.363. The van der Waals surface area contributed by atoms with E-state index in [-0.39, 0.29) is 12.1 Å². The van der Waals surface area contributed by atoms with Crippen LogP contribution in [-0.2, 0) is 6.54 Å². The highest BCUT2D eigenvalue weighted by molar-refractivity contribution is 5.83. The first-order valence-corrected chi connectivity index (χ1v) is 7.43. The minimum atomic E-state index is -0.186. The van der Waals surface area contributed by atoms with Crippen LogP contribution in [0.4, 0.5) is 0 Å². The van der Waals surface area contributed by atoms with Crippen LogP contribution in [0.3, 0.4) is 0 Å². The maximum Gasteiger partial charge on any atom is 0.275 e. The highest BCUT2D eigenvalue weighted by Gasteiger charge is 2.13. The zero-order chi connectivity index (χ0) is 16.5. The highest BCUT2D eigenvalue weighted by atomic mass is 16.5. The van der Waals surface area contributed by atoms with E-state index in [1.165, 1.54) is 4.68 Å². The van der Waals surface area contributed by atoms with Crippen LogP contribution in [0.15, 0.2) is 58.0 Å². The number of hydrogen-bond donors (Lipinski definition) is 0. The molecular formula is C17H13N5O2. The monoisotopic (exact) mass is 319 g/mol. The van der Waals surface area contributed by atoms with E-state index in [0.29, 0.717) is 22.8 Å². The van der Waals surface area contributed by atoms with Gasteiger partial charge in [0.25, 0.3) is 5.56 Å². The standard InChI is InChI=1S/C17H13N5O2/c1-11-12-6-2-3-7-13(12)17(23)22(20-11)10-15-19-16(21-24-15)14-8-4-5-9-18-14/h2-9H,10H2,1H3. The van der Waals surface area contributed by atoms with Gasteiger partial charge in [-0.1, -0.05) is 29.4 Å². The van der Waals surface area contributed by atoms with Crippen LogP contribution < -0.4 is 5.56 Å². The third-order valence-electron chi connectivity index (χ3n) is 3.70. The molecule has 3 heterocycles. The van der Waals surface area contributed by atoms with Crippen molar-refractivity contribution in [3.63, 3.8) is 0 Å². The first-order chi connectivity index (χ1) is 11.7. The summed E-state index contributed by atoms with van der Waals surface area (Å²) in [6.45, 7) is 1.98. The van der Waals surface area contributed by atoms with Crippen molar-refractivity contribution in [1.29, 1.82) is 0 Å². The molecule has 0 aliphatic heterocycles. The van der Waals surface area contributed by atoms with Crippen molar-refractivity contribution in [1.82, 2.24) is 24.9 Å². The Balaban J connectivity index is 1.72. The topological polar surface area (TPSA) is 86.7 Å². The van der Waals surface area contributed by atoms with Gasteiger partial charge in [-0.15, -0.1) is 0 Å². The van der Waals surface area contributed by atoms with E-state index in [4.69, 9.17) is 4.52 Å². The molecule has 24 heavy (non-hydrogen) atoms. The molecule has 0 saturated carbocycles. The van der Waals surface area contributed by atoms with E-state index in [9.17, 15) is 4.79 Å². The smallest absolute Gasteiger partial charge is 0.275 e. The molecule has 0 fully saturated rings. The molecule has 0 amide bonds. The summed E-state index contributed by atoms with van der Waals surface area (Å²) in [5, 5.41) is 9.71. The summed E-state index contributed by atoms with van der Waals surface area (Å²) in [6.07, 6.45) is 1.66. The maximum absolute atomic E-state index is 12.6. The van der Waals surface area contributed by atoms with E-state index < -0.39 is 0 Å². The molecule has 0 unspecified atom stereocenters. The summed E-state index contributed by atoms with van der Waals surface area (Å²) in [4.78, 5) is 21.0. The van der Waals surface area contributed by atoms with E-state index in [1.54, 1.807) is 18.3 Å². The van der Waals surface area contributed by atoms with Crippen LogP contribution in [0.1, 0.15) is 11.6 Å². The molecule has 0 aliphatic carbocycles. The Morgan fingerprint density at radius 3 is 2.67 bits per heavy atom. The molecule has 4 aromatic rings. The van der Waals surface area contributed by atoms with Crippen molar-refractivity contribution in [2.75, 3.05) is 0 Å². The number of fused-ring (bicyclic) bond motifs is 1. The fourth-order valence-corrected chi connectivity index (χ4v) is 2.56. The van der Waals surface area contributed by atoms with Crippen molar-refractivity contribution in [2.45, 2.75) is 13.5 Å². The largest absolute Gasteiger partial charge is 0.337 e. The van der Waals surface area contributed by atoms with Gasteiger partial charge in [-0.05, 0) is 25.1 Å². The Kier molecular flexibility index (Phi) is 3.38. The molecule has 0 atom stereocenters. The van der Waals surface area contributed by atoms with Crippen molar-refractivity contribution in [3.8, 4) is 11.5 Å². The predicted octanol–water partition coefficient (Wildman–Crippen LogP) is 2.20. The summed E-state index contributed by atoms with van der Waals surface area (Å²) >= 11 is 0. The van der Waals surface area contributed by atoms with Gasteiger partial charge in [0.1, 0.15) is 12.2 Å². The lowest BCUT2D eigenvalue weighted by Crippen LogP contribution is -2.24. The third-order valence-corrected chi connectivity index (χ3v) is 3.70. The number of rotatable bonds is 3. The molecule has 3 aromatic heterocycles. The molecule has 0 bridgehead atoms. The number of pyridine rings is 1. The molecule has 0 aliphatic rings. The van der Waals surface area contributed by atoms with E-state index in [1.807, 2.05) is 37.3 Å². The Labute approximate surface area is 136 Å². The van der Waals surface area contributed by atoms with Crippen LogP contribution in [0.25, 0.3) is 22.3 Å². The Morgan fingerprint density at radius 2 is 1.88 bits per heavy atom. The van der Waals surface area contributed by atoms with E-state index >= 15 is 0 Å². The van der Waals surface area contributed by atoms with Crippen molar-refractivity contribution >= 4 is 10.8 Å². The molecule has 7 nitrogen and oxygen atoms in total. The summed E-state index contributed by atoms with van der Waals surface area (Å²) in [7, 11) is 0. The van der Waals surface area contributed by atoms with E-state index in [0.717, 1.165) is 11.1 Å². The molecule has 1 aromatic carbocycles. The van der Waals surface area contributed by atoms with Gasteiger partial charge in [-0.25, -0.2) is 4.68 Å². The number of nitrogens with zero attached hydrogens (tertiary/aromatic N) is 5. The van der Waals surface area contributed by atoms with Crippen LogP contribution in [0.2, 0.25) is 0 Å². The van der Waals surface area contributed by atoms with Crippen molar-refractivity contribution in [2.24, 2.45) is 0 Å². The van der Waals surface area contributed by atoms with Crippen LogP contribution in [-0.4, -0.2) is 24.9 Å². The van der Waals surface area contributed by atoms with Gasteiger partial charge in [0, 0.05) is 11.6 Å². The Hall–Kier alpha value is -3.35. The average Bonchev–Trinajstić information content (AvgIpc) is 3.09. The lowest BCUT2D eigenvalue weighted by Gasteiger charge is -2.06. The first-order valence-electron chi connectivity index (χ1n) is 7.43. The normalized spacial score (nSPS) is 11.0. The molecule has 7 heteroatoms. The molecule has 0 spiro atoms. The molecule has 0 saturated heterocycles. The summed E-state index contributed by atoms with van der Waals surface area (Å²) in [6, 6.07) is 12.8. The van der Waals surface area contributed by atoms with Crippen LogP contribution >= 0.6 is 0 Å². The zero-order valence-electron chi connectivity index (χ0n) is 12.9. The quantitative estimate of drug-likeness (QED) is 0.575. The number of aromatic nitrogens is 5. The average molecular weight is 319 g/mol. The molecule has 4 rings (SSSR count). The van der Waals surface area contributed by atoms with Gasteiger partial charge in [-0.3, -0.25) is 9.78 Å². The second kappa shape index (κ2) is 5.69. The highest BCUT2D eigenvalue weighted by Crippen LogP contribution is 2.14. The minimum absolute atomic E-state index is 0.115. The van der Waals surface area contributed by atoms with Gasteiger partial charge >= 0.3 is 0 Å². The van der Waals surface area contributed by atoms with Gasteiger partial charge < -0.3 is 4.52 Å². The molecule has 0 N–H and O–H groups in total. The predicted molar refractivity (Wildman–Crippen MR) is 87.4 cm³/mol. The fraction of sp³-hybridized carbons (Fsp3) is 0.118. The molecular weight excluding hydrogens is 306 g/mol. The van der Waals surface area contributed by atoms with Crippen molar-refractivity contribution < 1.29 is 4.52 Å². The number of benzene rings is 1. The van der Waals surface area contributed by atoms with Crippen LogP contribution in [0.5, 0.6) is 0 Å². The SMILES string of the molecule is Cc1nn(Cc2nc(-c3ccccn3)no2)c(=O)c2ccccc12. The Bertz CT molecular complexity index is 1070. The molecule has 0 radical (unpaired) electrons. The summed E-state index contributed by atoms with van der Waals surface area (Å²) in [5.74, 6) is 0.691. The van der Waals surface area contributed by atoms with Crippen LogP contribution in [0, 0.1) is 6.92 Å². The van der Waals surface area contributed by atoms with Gasteiger partial charge in [0.15, 0.2) is 0 Å². The van der Waals surface area contributed by atoms with Gasteiger partial charge in [-0.2, -0.15) is 10.1 Å². The van der Waals surface area contributed by atoms with E-state index in [2.05, 4.69) is 20.2 Å². The number of aryl methyl sites for hydroxylation is 1. The van der Waals surface area contributed by atoms with Gasteiger partial charge in [0.05, 0.1) is 11.1 Å². The van der Waals surface area contributed by atoms with Gasteiger partial charge in [0.2, 0.25) is 11.7 Å². The van der Waals surface area contributed by atoms with Crippen molar-refractivity contribution in [3.05, 3.63) is 70.6 Å². The second-order valence-electron chi connectivity index (χ2n) is 5.32. The third kappa shape index (κ3) is 2.45. The summed E-state index contributed by atoms with van der Waals surface area (Å²) < 4.78 is 6.57. The fourth-order valence-electron chi connectivity index (χ4n) is 2.56.